The van der Waals surface area contributed by atoms with Gasteiger partial charge in [-0.15, -0.1) is 0 Å². The lowest BCUT2D eigenvalue weighted by atomic mass is 9.93. The normalized spacial score (nSPS) is 18.7. The number of nitrogens with one attached hydrogen (secondary N) is 1. The van der Waals surface area contributed by atoms with Crippen LogP contribution in [0.5, 0.6) is 0 Å². The summed E-state index contributed by atoms with van der Waals surface area (Å²) in [5.41, 5.74) is -2.03. The van der Waals surface area contributed by atoms with Crippen LogP contribution in [0.2, 0.25) is 0 Å². The number of piperidine rings is 1. The maximum atomic E-state index is 14.4. The Morgan fingerprint density at radius 3 is 2.35 bits per heavy atom. The molecule has 0 bridgehead atoms. The van der Waals surface area contributed by atoms with Crippen LogP contribution < -0.4 is 5.32 Å². The predicted molar refractivity (Wildman–Crippen MR) is 71.4 cm³/mol. The molecule has 0 unspecified atom stereocenters. The molecule has 1 aliphatic rings. The number of nitrogens with zero attached hydrogens (tertiary/aromatic N) is 1. The van der Waals surface area contributed by atoms with Gasteiger partial charge in [-0.3, -0.25) is 4.79 Å². The van der Waals surface area contributed by atoms with Gasteiger partial charge in [0, 0.05) is 32.5 Å². The molecule has 1 saturated heterocycles. The Hall–Kier alpha value is -1.37. The molecule has 1 heterocycles. The minimum Gasteiger partial charge on any atom is -0.480 e. The van der Waals surface area contributed by atoms with Gasteiger partial charge in [0.2, 0.25) is 0 Å². The number of aliphatic carboxylic acids is 1. The fourth-order valence-corrected chi connectivity index (χ4v) is 1.99. The average molecular weight is 290 g/mol. The molecule has 1 rings (SSSR count). The standard InChI is InChI=1S/C13H23FN2O4/c1-12(2,3)20-11(19)16-6-4-13(14,5-7-16)9-15-8-10(17)18/h15H,4-9H2,1-3H3,(H,17,18). The van der Waals surface area contributed by atoms with Crippen LogP contribution >= 0.6 is 0 Å². The molecule has 1 fully saturated rings. The van der Waals surface area contributed by atoms with Crippen molar-refractivity contribution in [2.24, 2.45) is 0 Å². The van der Waals surface area contributed by atoms with Crippen LogP contribution in [0.4, 0.5) is 9.18 Å². The van der Waals surface area contributed by atoms with Crippen LogP contribution in [0, 0.1) is 0 Å². The molecule has 0 aromatic carbocycles. The third-order valence-corrected chi connectivity index (χ3v) is 3.03. The molecule has 1 amide bonds. The second-order valence-corrected chi connectivity index (χ2v) is 6.12. The van der Waals surface area contributed by atoms with E-state index < -0.39 is 23.3 Å². The number of carboxylic acids is 1. The molecule has 1 aliphatic heterocycles. The average Bonchev–Trinajstić information content (AvgIpc) is 2.26. The lowest BCUT2D eigenvalue weighted by Gasteiger charge is -2.37. The summed E-state index contributed by atoms with van der Waals surface area (Å²) in [7, 11) is 0. The third-order valence-electron chi connectivity index (χ3n) is 3.03. The maximum Gasteiger partial charge on any atom is 0.410 e. The maximum absolute atomic E-state index is 14.4. The predicted octanol–water partition coefficient (Wildman–Crippen LogP) is 1.40. The Morgan fingerprint density at radius 1 is 1.35 bits per heavy atom. The first-order valence-electron chi connectivity index (χ1n) is 6.71. The zero-order valence-electron chi connectivity index (χ0n) is 12.2. The molecule has 0 aromatic rings. The molecule has 0 saturated carbocycles. The smallest absolute Gasteiger partial charge is 0.410 e. The molecule has 7 heteroatoms. The molecular weight excluding hydrogens is 267 g/mol. The number of alkyl halides is 1. The lowest BCUT2D eigenvalue weighted by molar-refractivity contribution is -0.136. The van der Waals surface area contributed by atoms with Crippen LogP contribution in [-0.2, 0) is 9.53 Å². The monoisotopic (exact) mass is 290 g/mol. The second-order valence-electron chi connectivity index (χ2n) is 6.12. The van der Waals surface area contributed by atoms with E-state index in [-0.39, 0.29) is 39.0 Å². The molecule has 6 nitrogen and oxygen atoms in total. The Bertz CT molecular complexity index is 360. The Kier molecular flexibility index (Phi) is 5.33. The number of carboxylic acid groups (broad SMARTS) is 1. The van der Waals surface area contributed by atoms with Crippen molar-refractivity contribution >= 4 is 12.1 Å². The lowest BCUT2D eigenvalue weighted by Crippen LogP contribution is -2.50. The van der Waals surface area contributed by atoms with E-state index in [1.165, 1.54) is 4.90 Å². The van der Waals surface area contributed by atoms with Crippen molar-refractivity contribution < 1.29 is 23.8 Å². The summed E-state index contributed by atoms with van der Waals surface area (Å²) in [6, 6.07) is 0. The molecule has 0 aliphatic carbocycles. The summed E-state index contributed by atoms with van der Waals surface area (Å²) in [5.74, 6) is -1.01. The Morgan fingerprint density at radius 2 is 1.90 bits per heavy atom. The molecule has 0 spiro atoms. The summed E-state index contributed by atoms with van der Waals surface area (Å²) in [6.07, 6.45) is -0.0735. The van der Waals surface area contributed by atoms with Crippen molar-refractivity contribution in [1.82, 2.24) is 10.2 Å². The first kappa shape index (κ1) is 16.7. The van der Waals surface area contributed by atoms with E-state index in [0.717, 1.165) is 0 Å². The second kappa shape index (κ2) is 6.39. The first-order valence-corrected chi connectivity index (χ1v) is 6.71. The quantitative estimate of drug-likeness (QED) is 0.818. The van der Waals surface area contributed by atoms with E-state index in [4.69, 9.17) is 9.84 Å². The fraction of sp³-hybridized carbons (Fsp3) is 0.846. The largest absolute Gasteiger partial charge is 0.480 e. The number of likely N-dealkylation sites (tertiary alicyclic amines) is 1. The van der Waals surface area contributed by atoms with Crippen LogP contribution in [0.15, 0.2) is 0 Å². The SMILES string of the molecule is CC(C)(C)OC(=O)N1CCC(F)(CNCC(=O)O)CC1. The zero-order valence-corrected chi connectivity index (χ0v) is 12.2. The number of amides is 1. The topological polar surface area (TPSA) is 78.9 Å². The summed E-state index contributed by atoms with van der Waals surface area (Å²) >= 11 is 0. The van der Waals surface area contributed by atoms with Crippen LogP contribution in [-0.4, -0.2) is 59.5 Å². The van der Waals surface area contributed by atoms with Gasteiger partial charge in [-0.25, -0.2) is 9.18 Å². The van der Waals surface area contributed by atoms with E-state index in [1.807, 2.05) is 0 Å². The van der Waals surface area contributed by atoms with Crippen molar-refractivity contribution in [2.75, 3.05) is 26.2 Å². The number of rotatable bonds is 4. The fourth-order valence-electron chi connectivity index (χ4n) is 1.99. The van der Waals surface area contributed by atoms with Crippen LogP contribution in [0.3, 0.4) is 0 Å². The van der Waals surface area contributed by atoms with Gasteiger partial charge in [0.25, 0.3) is 0 Å². The number of halogens is 1. The van der Waals surface area contributed by atoms with Crippen molar-refractivity contribution in [3.8, 4) is 0 Å². The highest BCUT2D eigenvalue weighted by atomic mass is 19.1. The Labute approximate surface area is 118 Å². The summed E-state index contributed by atoms with van der Waals surface area (Å²) in [6.45, 7) is 5.63. The van der Waals surface area contributed by atoms with Gasteiger partial charge < -0.3 is 20.1 Å². The van der Waals surface area contributed by atoms with Crippen LogP contribution in [0.25, 0.3) is 0 Å². The van der Waals surface area contributed by atoms with E-state index in [2.05, 4.69) is 5.32 Å². The molecule has 0 radical (unpaired) electrons. The van der Waals surface area contributed by atoms with Gasteiger partial charge in [0.05, 0.1) is 6.54 Å². The van der Waals surface area contributed by atoms with Gasteiger partial charge in [-0.1, -0.05) is 0 Å². The summed E-state index contributed by atoms with van der Waals surface area (Å²) in [5, 5.41) is 11.1. The van der Waals surface area contributed by atoms with Gasteiger partial charge in [-0.05, 0) is 20.8 Å². The number of carbonyl (C=O) groups is 2. The molecule has 2 N–H and O–H groups in total. The van der Waals surface area contributed by atoms with Crippen molar-refractivity contribution in [3.05, 3.63) is 0 Å². The highest BCUT2D eigenvalue weighted by Gasteiger charge is 2.36. The summed E-state index contributed by atoms with van der Waals surface area (Å²) in [4.78, 5) is 23.7. The van der Waals surface area contributed by atoms with Gasteiger partial charge in [0.15, 0.2) is 0 Å². The minimum absolute atomic E-state index is 0.0124. The molecule has 0 atom stereocenters. The highest BCUT2D eigenvalue weighted by molar-refractivity contribution is 5.69. The first-order chi connectivity index (χ1) is 9.11. The van der Waals surface area contributed by atoms with Crippen molar-refractivity contribution in [3.63, 3.8) is 0 Å². The summed E-state index contributed by atoms with van der Waals surface area (Å²) < 4.78 is 19.6. The van der Waals surface area contributed by atoms with E-state index in [0.29, 0.717) is 0 Å². The van der Waals surface area contributed by atoms with Crippen LogP contribution in [0.1, 0.15) is 33.6 Å². The van der Waals surface area contributed by atoms with Gasteiger partial charge in [0.1, 0.15) is 11.3 Å². The molecule has 116 valence electrons. The number of ether oxygens (including phenoxy) is 1. The van der Waals surface area contributed by atoms with E-state index in [1.54, 1.807) is 20.8 Å². The molecule has 0 aromatic heterocycles. The number of hydrogen-bond donors (Lipinski definition) is 2. The molecule has 20 heavy (non-hydrogen) atoms. The van der Waals surface area contributed by atoms with E-state index in [9.17, 15) is 14.0 Å². The number of carbonyl (C=O) groups excluding carboxylic acids is 1. The number of hydrogen-bond acceptors (Lipinski definition) is 4. The van der Waals surface area contributed by atoms with Gasteiger partial charge >= 0.3 is 12.1 Å². The third kappa shape index (κ3) is 5.73. The highest BCUT2D eigenvalue weighted by Crippen LogP contribution is 2.26. The zero-order chi connectivity index (χ0) is 15.4. The molecular formula is C13H23FN2O4. The van der Waals surface area contributed by atoms with Crippen molar-refractivity contribution in [1.29, 1.82) is 0 Å². The van der Waals surface area contributed by atoms with E-state index >= 15 is 0 Å². The Balaban J connectivity index is 2.38. The van der Waals surface area contributed by atoms with Gasteiger partial charge in [-0.2, -0.15) is 0 Å². The minimum atomic E-state index is -1.46. The van der Waals surface area contributed by atoms with Crippen molar-refractivity contribution in [2.45, 2.75) is 44.9 Å².